The molecule has 3 heteroatoms. The van der Waals surface area contributed by atoms with Crippen LogP contribution in [0, 0.1) is 5.82 Å². The smallest absolute Gasteiger partial charge is 0.124 e. The van der Waals surface area contributed by atoms with Crippen LogP contribution in [0.2, 0.25) is 5.02 Å². The first-order valence-electron chi connectivity index (χ1n) is 4.42. The van der Waals surface area contributed by atoms with Crippen LogP contribution in [0.25, 0.3) is 11.1 Å². The fourth-order valence-electron chi connectivity index (χ4n) is 1.44. The molecular formula is C12H8ClFO. The van der Waals surface area contributed by atoms with E-state index in [1.807, 2.05) is 0 Å². The van der Waals surface area contributed by atoms with Gasteiger partial charge in [0.05, 0.1) is 5.02 Å². The molecule has 0 aliphatic heterocycles. The zero-order chi connectivity index (χ0) is 10.8. The molecule has 0 bridgehead atoms. The predicted octanol–water partition coefficient (Wildman–Crippen LogP) is 3.85. The molecule has 0 fully saturated rings. The van der Waals surface area contributed by atoms with Crippen LogP contribution in [0.4, 0.5) is 4.39 Å². The molecule has 0 saturated carbocycles. The Morgan fingerprint density at radius 2 is 1.80 bits per heavy atom. The topological polar surface area (TPSA) is 20.2 Å². The quantitative estimate of drug-likeness (QED) is 0.777. The number of benzene rings is 2. The van der Waals surface area contributed by atoms with Gasteiger partial charge < -0.3 is 5.11 Å². The molecule has 0 aromatic heterocycles. The SMILES string of the molecule is Oc1cccc(Cl)c1-c1cccc(F)c1. The third-order valence-corrected chi connectivity index (χ3v) is 2.42. The summed E-state index contributed by atoms with van der Waals surface area (Å²) in [5, 5.41) is 10.0. The van der Waals surface area contributed by atoms with E-state index >= 15 is 0 Å². The summed E-state index contributed by atoms with van der Waals surface area (Å²) in [6.07, 6.45) is 0. The third-order valence-electron chi connectivity index (χ3n) is 2.10. The largest absolute Gasteiger partial charge is 0.507 e. The van der Waals surface area contributed by atoms with Crippen molar-refractivity contribution in [3.8, 4) is 16.9 Å². The van der Waals surface area contributed by atoms with Gasteiger partial charge >= 0.3 is 0 Å². The van der Waals surface area contributed by atoms with Gasteiger partial charge in [-0.3, -0.25) is 0 Å². The number of halogens is 2. The van der Waals surface area contributed by atoms with Crippen molar-refractivity contribution in [1.29, 1.82) is 0 Å². The number of phenols is 1. The average molecular weight is 223 g/mol. The van der Waals surface area contributed by atoms with Crippen molar-refractivity contribution in [3.05, 3.63) is 53.3 Å². The summed E-state index contributed by atoms with van der Waals surface area (Å²) < 4.78 is 13.0. The predicted molar refractivity (Wildman–Crippen MR) is 58.5 cm³/mol. The maximum absolute atomic E-state index is 13.0. The summed E-state index contributed by atoms with van der Waals surface area (Å²) in [5.74, 6) is -0.306. The lowest BCUT2D eigenvalue weighted by Gasteiger charge is -2.06. The highest BCUT2D eigenvalue weighted by Gasteiger charge is 2.08. The average Bonchev–Trinajstić information content (AvgIpc) is 2.17. The summed E-state index contributed by atoms with van der Waals surface area (Å²) in [7, 11) is 0. The first kappa shape index (κ1) is 9.99. The zero-order valence-electron chi connectivity index (χ0n) is 7.74. The molecule has 1 nitrogen and oxygen atoms in total. The highest BCUT2D eigenvalue weighted by Crippen LogP contribution is 2.35. The van der Waals surface area contributed by atoms with Gasteiger partial charge in [0.2, 0.25) is 0 Å². The first-order chi connectivity index (χ1) is 7.18. The summed E-state index contributed by atoms with van der Waals surface area (Å²) in [6.45, 7) is 0. The minimum atomic E-state index is -0.355. The third kappa shape index (κ3) is 1.95. The minimum absolute atomic E-state index is 0.0492. The van der Waals surface area contributed by atoms with E-state index in [9.17, 15) is 9.50 Å². The molecule has 0 atom stereocenters. The second kappa shape index (κ2) is 3.91. The summed E-state index contributed by atoms with van der Waals surface area (Å²) in [6, 6.07) is 10.8. The number of hydrogen-bond donors (Lipinski definition) is 1. The fraction of sp³-hybridized carbons (Fsp3) is 0. The number of rotatable bonds is 1. The highest BCUT2D eigenvalue weighted by molar-refractivity contribution is 6.33. The summed E-state index contributed by atoms with van der Waals surface area (Å²) >= 11 is 5.93. The Labute approximate surface area is 91.8 Å². The van der Waals surface area contributed by atoms with Crippen LogP contribution in [0.1, 0.15) is 0 Å². The second-order valence-corrected chi connectivity index (χ2v) is 3.55. The van der Waals surface area contributed by atoms with Crippen LogP contribution in [-0.2, 0) is 0 Å². The molecule has 76 valence electrons. The van der Waals surface area contributed by atoms with Crippen molar-refractivity contribution in [1.82, 2.24) is 0 Å². The van der Waals surface area contributed by atoms with E-state index in [0.29, 0.717) is 16.1 Å². The Kier molecular flexibility index (Phi) is 2.60. The maximum atomic E-state index is 13.0. The van der Waals surface area contributed by atoms with Crippen molar-refractivity contribution < 1.29 is 9.50 Å². The van der Waals surface area contributed by atoms with E-state index in [1.165, 1.54) is 18.2 Å². The lowest BCUT2D eigenvalue weighted by atomic mass is 10.0. The molecule has 0 heterocycles. The monoisotopic (exact) mass is 222 g/mol. The van der Waals surface area contributed by atoms with Crippen LogP contribution >= 0.6 is 11.6 Å². The van der Waals surface area contributed by atoms with E-state index in [2.05, 4.69) is 0 Å². The number of hydrogen-bond acceptors (Lipinski definition) is 1. The van der Waals surface area contributed by atoms with Gasteiger partial charge in [0.1, 0.15) is 11.6 Å². The van der Waals surface area contributed by atoms with Crippen molar-refractivity contribution in [2.45, 2.75) is 0 Å². The molecule has 15 heavy (non-hydrogen) atoms. The van der Waals surface area contributed by atoms with Crippen molar-refractivity contribution in [2.24, 2.45) is 0 Å². The van der Waals surface area contributed by atoms with Crippen LogP contribution < -0.4 is 0 Å². The van der Waals surface area contributed by atoms with Gasteiger partial charge in [-0.1, -0.05) is 29.8 Å². The molecule has 1 N–H and O–H groups in total. The normalized spacial score (nSPS) is 10.3. The molecule has 0 aliphatic rings. The van der Waals surface area contributed by atoms with Gasteiger partial charge in [-0.2, -0.15) is 0 Å². The minimum Gasteiger partial charge on any atom is -0.507 e. The second-order valence-electron chi connectivity index (χ2n) is 3.14. The molecule has 0 saturated heterocycles. The van der Waals surface area contributed by atoms with E-state index < -0.39 is 0 Å². The number of phenolic OH excluding ortho intramolecular Hbond substituents is 1. The molecule has 0 radical (unpaired) electrons. The van der Waals surface area contributed by atoms with E-state index in [1.54, 1.807) is 24.3 Å². The molecule has 2 aromatic carbocycles. The van der Waals surface area contributed by atoms with Gasteiger partial charge in [-0.25, -0.2) is 4.39 Å². The number of aromatic hydroxyl groups is 1. The van der Waals surface area contributed by atoms with Crippen LogP contribution in [0.3, 0.4) is 0 Å². The standard InChI is InChI=1S/C12H8ClFO/c13-10-5-2-6-11(15)12(10)8-3-1-4-9(14)7-8/h1-7,15H. The van der Waals surface area contributed by atoms with Gasteiger partial charge in [-0.15, -0.1) is 0 Å². The van der Waals surface area contributed by atoms with Gasteiger partial charge in [-0.05, 0) is 29.8 Å². The Morgan fingerprint density at radius 3 is 2.47 bits per heavy atom. The van der Waals surface area contributed by atoms with E-state index in [-0.39, 0.29) is 11.6 Å². The highest BCUT2D eigenvalue weighted by atomic mass is 35.5. The van der Waals surface area contributed by atoms with Gasteiger partial charge in [0, 0.05) is 5.56 Å². The van der Waals surface area contributed by atoms with E-state index in [0.717, 1.165) is 0 Å². The first-order valence-corrected chi connectivity index (χ1v) is 4.79. The lowest BCUT2D eigenvalue weighted by molar-refractivity contribution is 0.477. The van der Waals surface area contributed by atoms with Crippen LogP contribution in [0.5, 0.6) is 5.75 Å². The molecule has 0 unspecified atom stereocenters. The fourth-order valence-corrected chi connectivity index (χ4v) is 1.72. The van der Waals surface area contributed by atoms with Crippen molar-refractivity contribution in [3.63, 3.8) is 0 Å². The van der Waals surface area contributed by atoms with Crippen LogP contribution in [-0.4, -0.2) is 5.11 Å². The van der Waals surface area contributed by atoms with Crippen LogP contribution in [0.15, 0.2) is 42.5 Å². The van der Waals surface area contributed by atoms with Gasteiger partial charge in [0.25, 0.3) is 0 Å². The molecule has 2 rings (SSSR count). The Morgan fingerprint density at radius 1 is 1.07 bits per heavy atom. The van der Waals surface area contributed by atoms with E-state index in [4.69, 9.17) is 11.6 Å². The summed E-state index contributed by atoms with van der Waals surface area (Å²) in [4.78, 5) is 0. The molecule has 2 aromatic rings. The summed E-state index contributed by atoms with van der Waals surface area (Å²) in [5.41, 5.74) is 1.02. The Hall–Kier alpha value is -1.54. The van der Waals surface area contributed by atoms with Crippen molar-refractivity contribution >= 4 is 11.6 Å². The molecule has 0 amide bonds. The maximum Gasteiger partial charge on any atom is 0.124 e. The zero-order valence-corrected chi connectivity index (χ0v) is 8.50. The molecular weight excluding hydrogens is 215 g/mol. The lowest BCUT2D eigenvalue weighted by Crippen LogP contribution is -1.82. The molecule has 0 spiro atoms. The van der Waals surface area contributed by atoms with Gasteiger partial charge in [0.15, 0.2) is 0 Å². The molecule has 0 aliphatic carbocycles. The Bertz CT molecular complexity index is 476. The Balaban J connectivity index is 2.63. The van der Waals surface area contributed by atoms with Crippen molar-refractivity contribution in [2.75, 3.05) is 0 Å².